The highest BCUT2D eigenvalue weighted by Gasteiger charge is 2.49. The summed E-state index contributed by atoms with van der Waals surface area (Å²) in [6.07, 6.45) is 0.247. The number of piperidine rings is 1. The molecule has 1 aliphatic heterocycles. The van der Waals surface area contributed by atoms with E-state index in [1.165, 1.54) is 24.9 Å². The fourth-order valence-electron chi connectivity index (χ4n) is 7.11. The third-order valence-electron chi connectivity index (χ3n) is 9.75. The van der Waals surface area contributed by atoms with E-state index in [0.717, 1.165) is 40.8 Å². The number of para-hydroxylation sites is 1. The van der Waals surface area contributed by atoms with Crippen LogP contribution in [0.4, 0.5) is 18.9 Å². The predicted molar refractivity (Wildman–Crippen MR) is 179 cm³/mol. The Labute approximate surface area is 281 Å². The number of ether oxygens (including phenoxy) is 2. The Morgan fingerprint density at radius 3 is 2.33 bits per heavy atom. The van der Waals surface area contributed by atoms with Crippen molar-refractivity contribution in [3.63, 3.8) is 0 Å². The molecule has 3 aromatic carbocycles. The summed E-state index contributed by atoms with van der Waals surface area (Å²) in [6, 6.07) is 25.8. The number of hydrogen-bond donors (Lipinski definition) is 0. The molecule has 0 radical (unpaired) electrons. The average Bonchev–Trinajstić information content (AvgIpc) is 3.72. The number of fused-ring (bicyclic) bond motifs is 2. The minimum Gasteiger partial charge on any atom is -0.487 e. The van der Waals surface area contributed by atoms with Crippen molar-refractivity contribution in [2.45, 2.75) is 70.7 Å². The van der Waals surface area contributed by atoms with E-state index in [4.69, 9.17) is 9.72 Å². The van der Waals surface area contributed by atoms with Gasteiger partial charge in [0.2, 0.25) is 0 Å². The van der Waals surface area contributed by atoms with Crippen molar-refractivity contribution in [2.75, 3.05) is 18.0 Å². The molecule has 11 heteroatoms. The molecule has 49 heavy (non-hydrogen) atoms. The standard InChI is InChI=1S/C38H37F3N4O4/c39-38(40,41)36(47)49-35(46)37(18-4-5-19-37)23-34-43-32-22-30(48-25-28-13-12-27-8-2-3-9-31(27)42-28)16-17-33(32)45(34)24-26-10-14-29(15-11-26)44-20-6-1-7-21-44/h2-3,8-17,22H,1,4-7,18-21,23-25H2. The summed E-state index contributed by atoms with van der Waals surface area (Å²) >= 11 is 0. The molecule has 0 N–H and O–H groups in total. The smallest absolute Gasteiger partial charge is 0.487 e. The largest absolute Gasteiger partial charge is 0.491 e. The number of anilines is 1. The number of alkyl halides is 3. The zero-order chi connectivity index (χ0) is 34.0. The number of aromatic nitrogens is 3. The first kappa shape index (κ1) is 32.6. The number of hydrogen-bond acceptors (Lipinski definition) is 7. The van der Waals surface area contributed by atoms with E-state index in [2.05, 4.69) is 38.9 Å². The van der Waals surface area contributed by atoms with Crippen molar-refractivity contribution in [2.24, 2.45) is 5.41 Å². The molecule has 1 saturated heterocycles. The highest BCUT2D eigenvalue weighted by molar-refractivity contribution is 5.91. The first-order valence-electron chi connectivity index (χ1n) is 16.8. The highest BCUT2D eigenvalue weighted by Crippen LogP contribution is 2.43. The highest BCUT2D eigenvalue weighted by atomic mass is 19.4. The Hall–Kier alpha value is -4.93. The monoisotopic (exact) mass is 670 g/mol. The predicted octanol–water partition coefficient (Wildman–Crippen LogP) is 7.94. The Bertz CT molecular complexity index is 1980. The van der Waals surface area contributed by atoms with Gasteiger partial charge in [0.1, 0.15) is 18.2 Å². The van der Waals surface area contributed by atoms with Crippen molar-refractivity contribution in [3.8, 4) is 5.75 Å². The van der Waals surface area contributed by atoms with Crippen LogP contribution in [0.1, 0.15) is 62.0 Å². The second-order valence-electron chi connectivity index (χ2n) is 13.1. The van der Waals surface area contributed by atoms with Gasteiger partial charge < -0.3 is 18.9 Å². The minimum atomic E-state index is -5.26. The summed E-state index contributed by atoms with van der Waals surface area (Å²) in [5.74, 6) is -2.53. The van der Waals surface area contributed by atoms with E-state index < -0.39 is 23.5 Å². The van der Waals surface area contributed by atoms with Gasteiger partial charge in [-0.1, -0.05) is 49.2 Å². The van der Waals surface area contributed by atoms with Crippen LogP contribution in [0.2, 0.25) is 0 Å². The summed E-state index contributed by atoms with van der Waals surface area (Å²) < 4.78 is 51.7. The number of imidazole rings is 1. The van der Waals surface area contributed by atoms with Crippen LogP contribution in [0.3, 0.4) is 0 Å². The molecule has 2 aliphatic rings. The second-order valence-corrected chi connectivity index (χ2v) is 13.1. The lowest BCUT2D eigenvalue weighted by Crippen LogP contribution is -2.38. The maximum absolute atomic E-state index is 13.2. The third-order valence-corrected chi connectivity index (χ3v) is 9.75. The van der Waals surface area contributed by atoms with Gasteiger partial charge >= 0.3 is 18.1 Å². The van der Waals surface area contributed by atoms with Gasteiger partial charge in [-0.05, 0) is 74.1 Å². The molecule has 0 atom stereocenters. The van der Waals surface area contributed by atoms with Gasteiger partial charge in [-0.2, -0.15) is 13.2 Å². The topological polar surface area (TPSA) is 86.5 Å². The van der Waals surface area contributed by atoms with Crippen LogP contribution in [-0.4, -0.2) is 45.7 Å². The van der Waals surface area contributed by atoms with Gasteiger partial charge in [-0.3, -0.25) is 4.79 Å². The number of carbonyl (C=O) groups is 2. The van der Waals surface area contributed by atoms with Gasteiger partial charge in [-0.25, -0.2) is 14.8 Å². The quantitative estimate of drug-likeness (QED) is 0.116. The van der Waals surface area contributed by atoms with Crippen LogP contribution in [0.25, 0.3) is 21.9 Å². The molecule has 254 valence electrons. The van der Waals surface area contributed by atoms with Gasteiger partial charge in [0.15, 0.2) is 0 Å². The SMILES string of the molecule is O=C(OC(=O)C1(Cc2nc3cc(OCc4ccc5ccccc5n4)ccc3n2Cc2ccc(N3CCCCC3)cc2)CCCC1)C(F)(F)F. The fourth-order valence-corrected chi connectivity index (χ4v) is 7.11. The number of rotatable bonds is 9. The molecule has 2 aromatic heterocycles. The number of halogens is 3. The van der Waals surface area contributed by atoms with Crippen LogP contribution in [0, 0.1) is 5.41 Å². The van der Waals surface area contributed by atoms with Crippen molar-refractivity contribution in [3.05, 3.63) is 95.9 Å². The fraction of sp³-hybridized carbons (Fsp3) is 0.368. The molecule has 3 heterocycles. The van der Waals surface area contributed by atoms with Gasteiger partial charge in [-0.15, -0.1) is 0 Å². The van der Waals surface area contributed by atoms with Crippen molar-refractivity contribution in [1.82, 2.24) is 14.5 Å². The molecule has 0 unspecified atom stereocenters. The van der Waals surface area contributed by atoms with E-state index in [1.54, 1.807) is 0 Å². The molecule has 0 amide bonds. The lowest BCUT2D eigenvalue weighted by atomic mass is 9.82. The maximum atomic E-state index is 13.2. The Morgan fingerprint density at radius 2 is 1.57 bits per heavy atom. The average molecular weight is 671 g/mol. The van der Waals surface area contributed by atoms with Crippen LogP contribution < -0.4 is 9.64 Å². The van der Waals surface area contributed by atoms with Gasteiger partial charge in [0.05, 0.1) is 27.7 Å². The second kappa shape index (κ2) is 13.5. The number of esters is 2. The number of nitrogens with zero attached hydrogens (tertiary/aromatic N) is 4. The molecule has 7 rings (SSSR count). The third kappa shape index (κ3) is 7.11. The van der Waals surface area contributed by atoms with E-state index in [1.807, 2.05) is 59.2 Å². The summed E-state index contributed by atoms with van der Waals surface area (Å²) in [4.78, 5) is 36.9. The molecule has 0 spiro atoms. The first-order chi connectivity index (χ1) is 23.7. The van der Waals surface area contributed by atoms with Crippen molar-refractivity contribution in [1.29, 1.82) is 0 Å². The Kier molecular flexibility index (Phi) is 9.00. The zero-order valence-corrected chi connectivity index (χ0v) is 27.0. The van der Waals surface area contributed by atoms with Gasteiger partial charge in [0, 0.05) is 43.2 Å². The molecule has 1 saturated carbocycles. The summed E-state index contributed by atoms with van der Waals surface area (Å²) in [7, 11) is 0. The van der Waals surface area contributed by atoms with E-state index in [0.29, 0.717) is 49.3 Å². The van der Waals surface area contributed by atoms with Gasteiger partial charge in [0.25, 0.3) is 0 Å². The van der Waals surface area contributed by atoms with Crippen LogP contribution in [0.15, 0.2) is 78.9 Å². The Balaban J connectivity index is 1.18. The van der Waals surface area contributed by atoms with Crippen molar-refractivity contribution >= 4 is 39.6 Å². The van der Waals surface area contributed by atoms with Crippen LogP contribution in [0.5, 0.6) is 5.75 Å². The molecule has 5 aromatic rings. The maximum Gasteiger partial charge on any atom is 0.491 e. The molecule has 0 bridgehead atoms. The summed E-state index contributed by atoms with van der Waals surface area (Å²) in [5.41, 5.74) is 3.95. The summed E-state index contributed by atoms with van der Waals surface area (Å²) in [6.45, 7) is 2.74. The first-order valence-corrected chi connectivity index (χ1v) is 16.8. The number of pyridine rings is 1. The van der Waals surface area contributed by atoms with Crippen LogP contribution in [-0.2, 0) is 33.9 Å². The minimum absolute atomic E-state index is 0.0364. The lowest BCUT2D eigenvalue weighted by molar-refractivity contribution is -0.205. The van der Waals surface area contributed by atoms with E-state index in [9.17, 15) is 22.8 Å². The normalized spacial score (nSPS) is 16.3. The molecular formula is C38H37F3N4O4. The molecular weight excluding hydrogens is 633 g/mol. The zero-order valence-electron chi connectivity index (χ0n) is 27.0. The van der Waals surface area contributed by atoms with E-state index in [-0.39, 0.29) is 13.0 Å². The number of carbonyl (C=O) groups excluding carboxylic acids is 2. The summed E-state index contributed by atoms with van der Waals surface area (Å²) in [5, 5.41) is 1.04. The van der Waals surface area contributed by atoms with E-state index >= 15 is 0 Å². The number of benzene rings is 3. The molecule has 8 nitrogen and oxygen atoms in total. The molecule has 2 fully saturated rings. The molecule has 1 aliphatic carbocycles. The van der Waals surface area contributed by atoms with Crippen LogP contribution >= 0.6 is 0 Å². The Morgan fingerprint density at radius 1 is 0.816 bits per heavy atom. The van der Waals surface area contributed by atoms with Crippen molar-refractivity contribution < 1.29 is 32.2 Å². The lowest BCUT2D eigenvalue weighted by Gasteiger charge is -2.29.